The number of benzene rings is 2. The van der Waals surface area contributed by atoms with Gasteiger partial charge >= 0.3 is 0 Å². The highest BCUT2D eigenvalue weighted by molar-refractivity contribution is 6.55. The van der Waals surface area contributed by atoms with Crippen LogP contribution in [0.1, 0.15) is 125 Å². The normalized spacial score (nSPS) is 27.5. The summed E-state index contributed by atoms with van der Waals surface area (Å²) in [7, 11) is 1.59. The smallest absolute Gasteiger partial charge is 0.229 e. The molecule has 5 nitrogen and oxygen atoms in total. The number of hydrogen-bond acceptors (Lipinski definition) is 5. The van der Waals surface area contributed by atoms with Gasteiger partial charge in [-0.1, -0.05) is 77.4 Å². The van der Waals surface area contributed by atoms with Gasteiger partial charge in [-0.3, -0.25) is 19.2 Å². The van der Waals surface area contributed by atoms with E-state index in [-0.39, 0.29) is 52.4 Å². The Bertz CT molecular complexity index is 1550. The summed E-state index contributed by atoms with van der Waals surface area (Å²) in [5.74, 6) is -0.0511. The molecule has 252 valence electrons. The van der Waals surface area contributed by atoms with Crippen LogP contribution in [-0.4, -0.2) is 30.2 Å². The van der Waals surface area contributed by atoms with Crippen LogP contribution >= 0.6 is 0 Å². The second kappa shape index (κ2) is 14.0. The van der Waals surface area contributed by atoms with Crippen molar-refractivity contribution >= 4 is 28.7 Å². The van der Waals surface area contributed by atoms with Crippen molar-refractivity contribution in [2.45, 2.75) is 106 Å². The van der Waals surface area contributed by atoms with Crippen molar-refractivity contribution < 1.29 is 23.9 Å². The lowest BCUT2D eigenvalue weighted by atomic mass is 9.65. The number of Topliss-reactive ketones (excluding diaryl/α,β-unsaturated/α-hetero) is 4. The zero-order valence-electron chi connectivity index (χ0n) is 29.8. The molecule has 5 heteroatoms. The van der Waals surface area contributed by atoms with Crippen LogP contribution in [0.2, 0.25) is 0 Å². The molecule has 0 spiro atoms. The molecule has 2 saturated carbocycles. The third kappa shape index (κ3) is 7.71. The maximum absolute atomic E-state index is 14.0. The largest absolute Gasteiger partial charge is 0.496 e. The maximum Gasteiger partial charge on any atom is 0.229 e. The van der Waals surface area contributed by atoms with Gasteiger partial charge in [-0.2, -0.15) is 0 Å². The van der Waals surface area contributed by atoms with E-state index >= 15 is 0 Å². The Hall–Kier alpha value is -3.34. The summed E-state index contributed by atoms with van der Waals surface area (Å²) in [6.45, 7) is 14.4. The first-order valence-corrected chi connectivity index (χ1v) is 17.8. The molecule has 0 radical (unpaired) electrons. The van der Waals surface area contributed by atoms with E-state index in [1.54, 1.807) is 7.11 Å². The standard InChI is InChI=1S/C42H54O5/c1-24-9-11-28(12-10-24)20-29-13-15-30(16-14-29)39(44)36-21-34-31(22-38(36)47-8)25(2)19-35(34)41(46)40(45)33-18-26(3)32(17-27(33)4)37(43)23-42(5,6)7/h9-12,19,21-22,25-27,29-30,32-33H,13-18,20,23H2,1-8H3. The number of ether oxygens (including phenoxy) is 1. The Balaban J connectivity index is 1.29. The molecule has 5 rings (SSSR count). The van der Waals surface area contributed by atoms with Crippen molar-refractivity contribution in [3.05, 3.63) is 70.3 Å². The van der Waals surface area contributed by atoms with Crippen LogP contribution in [-0.2, 0) is 20.8 Å². The predicted molar refractivity (Wildman–Crippen MR) is 188 cm³/mol. The Morgan fingerprint density at radius 1 is 0.851 bits per heavy atom. The molecule has 47 heavy (non-hydrogen) atoms. The molecular weight excluding hydrogens is 584 g/mol. The highest BCUT2D eigenvalue weighted by Gasteiger charge is 2.43. The zero-order chi connectivity index (χ0) is 34.2. The van der Waals surface area contributed by atoms with Gasteiger partial charge in [0.2, 0.25) is 11.6 Å². The second-order valence-corrected chi connectivity index (χ2v) is 16.3. The summed E-state index contributed by atoms with van der Waals surface area (Å²) in [6, 6.07) is 12.5. The van der Waals surface area contributed by atoms with E-state index in [1.165, 1.54) is 11.1 Å². The van der Waals surface area contributed by atoms with Crippen LogP contribution in [0.3, 0.4) is 0 Å². The number of allylic oxidation sites excluding steroid dienone is 2. The second-order valence-electron chi connectivity index (χ2n) is 16.3. The highest BCUT2D eigenvalue weighted by Crippen LogP contribution is 2.45. The summed E-state index contributed by atoms with van der Waals surface area (Å²) < 4.78 is 5.74. The van der Waals surface area contributed by atoms with Crippen LogP contribution in [0.4, 0.5) is 0 Å². The van der Waals surface area contributed by atoms with Gasteiger partial charge in [0.15, 0.2) is 5.78 Å². The first-order valence-electron chi connectivity index (χ1n) is 17.8. The third-order valence-electron chi connectivity index (χ3n) is 11.2. The number of ketones is 4. The minimum atomic E-state index is -0.473. The van der Waals surface area contributed by atoms with Gasteiger partial charge in [-0.05, 0) is 104 Å². The van der Waals surface area contributed by atoms with Crippen LogP contribution in [0.25, 0.3) is 5.57 Å². The molecule has 2 aromatic carbocycles. The fraction of sp³-hybridized carbons (Fsp3) is 0.571. The van der Waals surface area contributed by atoms with Crippen LogP contribution < -0.4 is 4.74 Å². The van der Waals surface area contributed by atoms with Gasteiger partial charge in [0.25, 0.3) is 0 Å². The van der Waals surface area contributed by atoms with Gasteiger partial charge in [-0.25, -0.2) is 0 Å². The summed E-state index contributed by atoms with van der Waals surface area (Å²) in [5, 5.41) is 0. The monoisotopic (exact) mass is 638 g/mol. The van der Waals surface area contributed by atoms with Crippen molar-refractivity contribution in [1.82, 2.24) is 0 Å². The Morgan fingerprint density at radius 2 is 1.47 bits per heavy atom. The quantitative estimate of drug-likeness (QED) is 0.192. The lowest BCUT2D eigenvalue weighted by Crippen LogP contribution is -2.40. The maximum atomic E-state index is 14.0. The number of aryl methyl sites for hydroxylation is 1. The van der Waals surface area contributed by atoms with Gasteiger partial charge < -0.3 is 4.74 Å². The van der Waals surface area contributed by atoms with Crippen LogP contribution in [0, 0.1) is 47.8 Å². The van der Waals surface area contributed by atoms with Crippen molar-refractivity contribution in [3.63, 3.8) is 0 Å². The fourth-order valence-electron chi connectivity index (χ4n) is 8.46. The van der Waals surface area contributed by atoms with Crippen molar-refractivity contribution in [3.8, 4) is 5.75 Å². The number of rotatable bonds is 10. The average molecular weight is 639 g/mol. The zero-order valence-corrected chi connectivity index (χ0v) is 29.8. The molecule has 3 aliphatic carbocycles. The lowest BCUT2D eigenvalue weighted by molar-refractivity contribution is -0.140. The lowest BCUT2D eigenvalue weighted by Gasteiger charge is -2.38. The van der Waals surface area contributed by atoms with Gasteiger partial charge in [0.1, 0.15) is 11.5 Å². The Kier molecular flexibility index (Phi) is 10.4. The number of carbonyl (C=O) groups excluding carboxylic acids is 4. The summed E-state index contributed by atoms with van der Waals surface area (Å²) in [4.78, 5) is 54.9. The molecule has 0 bridgehead atoms. The summed E-state index contributed by atoms with van der Waals surface area (Å²) in [5.41, 5.74) is 5.04. The molecule has 2 aromatic rings. The third-order valence-corrected chi connectivity index (χ3v) is 11.2. The summed E-state index contributed by atoms with van der Waals surface area (Å²) in [6.07, 6.45) is 8.30. The number of methoxy groups -OCH3 is 1. The van der Waals surface area contributed by atoms with Crippen molar-refractivity contribution in [1.29, 1.82) is 0 Å². The van der Waals surface area contributed by atoms with Crippen molar-refractivity contribution in [2.24, 2.45) is 40.9 Å². The number of hydrogen-bond donors (Lipinski definition) is 0. The van der Waals surface area contributed by atoms with E-state index < -0.39 is 11.7 Å². The summed E-state index contributed by atoms with van der Waals surface area (Å²) >= 11 is 0. The molecule has 0 N–H and O–H groups in total. The van der Waals surface area contributed by atoms with E-state index in [0.29, 0.717) is 47.6 Å². The first kappa shape index (κ1) is 35.0. The molecule has 0 amide bonds. The SMILES string of the molecule is COc1cc2c(cc1C(=O)C1CCC(Cc3ccc(C)cc3)CC1)C(C(=O)C(=O)C1CC(C)C(C(=O)CC(C)(C)C)CC1C)=CC2C. The van der Waals surface area contributed by atoms with Crippen LogP contribution in [0.5, 0.6) is 5.75 Å². The molecule has 5 unspecified atom stereocenters. The molecule has 0 saturated heterocycles. The predicted octanol–water partition coefficient (Wildman–Crippen LogP) is 9.18. The van der Waals surface area contributed by atoms with Crippen molar-refractivity contribution in [2.75, 3.05) is 7.11 Å². The number of carbonyl (C=O) groups is 4. The number of fused-ring (bicyclic) bond motifs is 1. The molecule has 0 heterocycles. The van der Waals surface area contributed by atoms with E-state index in [9.17, 15) is 19.2 Å². The molecule has 3 aliphatic rings. The van der Waals surface area contributed by atoms with E-state index in [2.05, 4.69) is 52.0 Å². The molecular formula is C42H54O5. The van der Waals surface area contributed by atoms with Gasteiger partial charge in [0.05, 0.1) is 12.7 Å². The minimum absolute atomic E-state index is 0.0482. The molecule has 0 aromatic heterocycles. The molecule has 0 aliphatic heterocycles. The van der Waals surface area contributed by atoms with E-state index in [1.807, 2.05) is 39.0 Å². The van der Waals surface area contributed by atoms with Gasteiger partial charge in [-0.15, -0.1) is 0 Å². The van der Waals surface area contributed by atoms with Gasteiger partial charge in [0, 0.05) is 35.7 Å². The minimum Gasteiger partial charge on any atom is -0.496 e. The van der Waals surface area contributed by atoms with Crippen LogP contribution in [0.15, 0.2) is 42.5 Å². The average Bonchev–Trinajstić information content (AvgIpc) is 3.35. The first-order chi connectivity index (χ1) is 22.2. The Morgan fingerprint density at radius 3 is 2.09 bits per heavy atom. The topological polar surface area (TPSA) is 77.5 Å². The highest BCUT2D eigenvalue weighted by atomic mass is 16.5. The van der Waals surface area contributed by atoms with E-state index in [4.69, 9.17) is 4.74 Å². The molecule has 5 atom stereocenters. The van der Waals surface area contributed by atoms with E-state index in [0.717, 1.165) is 37.7 Å². The fourth-order valence-corrected chi connectivity index (χ4v) is 8.46. The Labute approximate surface area is 281 Å². The molecule has 2 fully saturated rings.